The first kappa shape index (κ1) is 20.0. The number of rotatable bonds is 4. The largest absolute Gasteiger partial charge is 0.325 e. The maximum absolute atomic E-state index is 14.1. The first-order chi connectivity index (χ1) is 15.2. The maximum Gasteiger partial charge on any atom is 0.227 e. The van der Waals surface area contributed by atoms with Crippen LogP contribution in [-0.2, 0) is 16.1 Å². The fraction of sp³-hybridized carbons (Fsp3) is 0.357. The van der Waals surface area contributed by atoms with Crippen LogP contribution in [0.2, 0.25) is 0 Å². The van der Waals surface area contributed by atoms with Crippen molar-refractivity contribution in [2.24, 2.45) is 11.8 Å². The van der Waals surface area contributed by atoms with Gasteiger partial charge in [0.15, 0.2) is 5.78 Å². The summed E-state index contributed by atoms with van der Waals surface area (Å²) in [4.78, 5) is 28.3. The van der Waals surface area contributed by atoms with E-state index in [0.717, 1.165) is 18.4 Å². The summed E-state index contributed by atoms with van der Waals surface area (Å²) in [6.45, 7) is 0.551. The molecule has 0 N–H and O–H groups in total. The summed E-state index contributed by atoms with van der Waals surface area (Å²) < 4.78 is 0. The van der Waals surface area contributed by atoms with Gasteiger partial charge in [0, 0.05) is 12.5 Å². The number of carbonyl (C=O) groups excluding carboxylic acids is 2. The molecule has 2 fully saturated rings. The minimum atomic E-state index is -0.607. The minimum Gasteiger partial charge on any atom is -0.325 e. The highest BCUT2D eigenvalue weighted by atomic mass is 16.2. The molecule has 2 aromatic rings. The molecule has 3 aliphatic rings. The Hall–Kier alpha value is -2.94. The van der Waals surface area contributed by atoms with E-state index in [4.69, 9.17) is 0 Å². The molecule has 1 heterocycles. The van der Waals surface area contributed by atoms with Gasteiger partial charge in [0.1, 0.15) is 0 Å². The van der Waals surface area contributed by atoms with Crippen LogP contribution in [0, 0.1) is 11.8 Å². The molecule has 1 spiro atoms. The van der Waals surface area contributed by atoms with E-state index in [1.165, 1.54) is 24.8 Å². The average Bonchev–Trinajstić information content (AvgIpc) is 3.05. The Morgan fingerprint density at radius 1 is 0.806 bits per heavy atom. The van der Waals surface area contributed by atoms with Gasteiger partial charge in [0.25, 0.3) is 0 Å². The van der Waals surface area contributed by atoms with Crippen LogP contribution < -0.4 is 0 Å². The molecule has 2 atom stereocenters. The normalized spacial score (nSPS) is 25.5. The maximum atomic E-state index is 14.1. The second-order valence-corrected chi connectivity index (χ2v) is 9.18. The van der Waals surface area contributed by atoms with Crippen molar-refractivity contribution in [3.63, 3.8) is 0 Å². The molecule has 3 heteroatoms. The van der Waals surface area contributed by atoms with Gasteiger partial charge in [0.05, 0.1) is 11.5 Å². The Kier molecular flexibility index (Phi) is 5.35. The monoisotopic (exact) mass is 411 g/mol. The second kappa shape index (κ2) is 8.30. The molecular weight excluding hydrogens is 382 g/mol. The van der Waals surface area contributed by atoms with Crippen LogP contribution in [0.3, 0.4) is 0 Å². The molecule has 5 rings (SSSR count). The molecule has 2 aliphatic carbocycles. The van der Waals surface area contributed by atoms with E-state index < -0.39 is 5.54 Å². The van der Waals surface area contributed by atoms with E-state index in [0.29, 0.717) is 12.5 Å². The predicted molar refractivity (Wildman–Crippen MR) is 122 cm³/mol. The van der Waals surface area contributed by atoms with Crippen molar-refractivity contribution in [3.05, 3.63) is 96.1 Å². The zero-order chi connectivity index (χ0) is 21.3. The number of ketones is 1. The van der Waals surface area contributed by atoms with Crippen molar-refractivity contribution in [3.8, 4) is 0 Å². The number of hydrogen-bond acceptors (Lipinski definition) is 2. The molecular formula is C28H29NO2. The summed E-state index contributed by atoms with van der Waals surface area (Å²) in [7, 11) is 0. The Morgan fingerprint density at radius 2 is 1.42 bits per heavy atom. The molecule has 0 bridgehead atoms. The molecule has 0 unspecified atom stereocenters. The molecule has 3 nitrogen and oxygen atoms in total. The number of nitrogens with zero attached hydrogens (tertiary/aromatic N) is 1. The van der Waals surface area contributed by atoms with Gasteiger partial charge in [0.2, 0.25) is 5.91 Å². The van der Waals surface area contributed by atoms with Gasteiger partial charge in [-0.05, 0) is 42.0 Å². The molecule has 0 radical (unpaired) electrons. The molecule has 158 valence electrons. The van der Waals surface area contributed by atoms with Crippen molar-refractivity contribution in [1.82, 2.24) is 4.90 Å². The van der Waals surface area contributed by atoms with Crippen LogP contribution in [-0.4, -0.2) is 22.1 Å². The molecule has 1 amide bonds. The molecule has 31 heavy (non-hydrogen) atoms. The van der Waals surface area contributed by atoms with Crippen molar-refractivity contribution in [2.75, 3.05) is 0 Å². The van der Waals surface area contributed by atoms with Gasteiger partial charge < -0.3 is 4.90 Å². The van der Waals surface area contributed by atoms with Crippen LogP contribution in [0.1, 0.15) is 49.1 Å². The molecule has 1 saturated heterocycles. The third-order valence-electron chi connectivity index (χ3n) is 7.41. The standard InChI is InChI=1S/C28H29NO2/c30-24-16-18-28(19-17-24)26(23-14-8-3-9-15-23)25(22-12-6-2-7-13-22)27(31)29(28)20-21-10-4-1-5-11-21/h1,3-5,8-11,14-19,22,25-26H,2,6-7,12-13,20H2/t25-,26-/m1/s1. The molecule has 0 aromatic heterocycles. The fourth-order valence-electron chi connectivity index (χ4n) is 5.98. The summed E-state index contributed by atoms with van der Waals surface area (Å²) in [6, 6.07) is 20.7. The molecule has 2 aromatic carbocycles. The second-order valence-electron chi connectivity index (χ2n) is 9.18. The SMILES string of the molecule is O=C1C=CC2(C=C1)[C@H](c1ccccc1)[C@@H](C1CCCCC1)C(=O)N2Cc1ccccc1. The molecule has 1 saturated carbocycles. The highest BCUT2D eigenvalue weighted by molar-refractivity contribution is 6.01. The number of carbonyl (C=O) groups is 2. The lowest BCUT2D eigenvalue weighted by Gasteiger charge is -2.40. The van der Waals surface area contributed by atoms with E-state index in [9.17, 15) is 9.59 Å². The van der Waals surface area contributed by atoms with Gasteiger partial charge in [-0.3, -0.25) is 9.59 Å². The zero-order valence-corrected chi connectivity index (χ0v) is 17.8. The van der Waals surface area contributed by atoms with Crippen LogP contribution in [0.5, 0.6) is 0 Å². The number of hydrogen-bond donors (Lipinski definition) is 0. The summed E-state index contributed by atoms with van der Waals surface area (Å²) >= 11 is 0. The zero-order valence-electron chi connectivity index (χ0n) is 17.8. The van der Waals surface area contributed by atoms with E-state index in [-0.39, 0.29) is 23.5 Å². The van der Waals surface area contributed by atoms with Crippen LogP contribution >= 0.6 is 0 Å². The summed E-state index contributed by atoms with van der Waals surface area (Å²) in [5.41, 5.74) is 1.69. The highest BCUT2D eigenvalue weighted by Crippen LogP contribution is 2.54. The predicted octanol–water partition coefficient (Wildman–Crippen LogP) is 5.44. The van der Waals surface area contributed by atoms with Gasteiger partial charge >= 0.3 is 0 Å². The lowest BCUT2D eigenvalue weighted by atomic mass is 9.67. The van der Waals surface area contributed by atoms with Crippen molar-refractivity contribution in [2.45, 2.75) is 50.1 Å². The lowest BCUT2D eigenvalue weighted by Crippen LogP contribution is -2.46. The Bertz CT molecular complexity index is 986. The Morgan fingerprint density at radius 3 is 2.06 bits per heavy atom. The highest BCUT2D eigenvalue weighted by Gasteiger charge is 2.58. The number of allylic oxidation sites excluding steroid dienone is 2. The van der Waals surface area contributed by atoms with Gasteiger partial charge in [-0.2, -0.15) is 0 Å². The first-order valence-corrected chi connectivity index (χ1v) is 11.5. The number of benzene rings is 2. The summed E-state index contributed by atoms with van der Waals surface area (Å²) in [6.07, 6.45) is 13.2. The number of likely N-dealkylation sites (tertiary alicyclic amines) is 1. The fourth-order valence-corrected chi connectivity index (χ4v) is 5.98. The van der Waals surface area contributed by atoms with E-state index in [1.54, 1.807) is 12.2 Å². The van der Waals surface area contributed by atoms with Crippen molar-refractivity contribution >= 4 is 11.7 Å². The Labute approximate surface area is 184 Å². The van der Waals surface area contributed by atoms with Crippen molar-refractivity contribution in [1.29, 1.82) is 0 Å². The third kappa shape index (κ3) is 3.56. The Balaban J connectivity index is 1.65. The van der Waals surface area contributed by atoms with Gasteiger partial charge in [-0.1, -0.05) is 92.1 Å². The first-order valence-electron chi connectivity index (χ1n) is 11.5. The topological polar surface area (TPSA) is 37.4 Å². The van der Waals surface area contributed by atoms with Crippen LogP contribution in [0.15, 0.2) is 85.0 Å². The summed E-state index contributed by atoms with van der Waals surface area (Å²) in [5.74, 6) is 0.560. The number of amides is 1. The van der Waals surface area contributed by atoms with Crippen LogP contribution in [0.4, 0.5) is 0 Å². The van der Waals surface area contributed by atoms with Crippen molar-refractivity contribution < 1.29 is 9.59 Å². The third-order valence-corrected chi connectivity index (χ3v) is 7.41. The lowest BCUT2D eigenvalue weighted by molar-refractivity contribution is -0.134. The van der Waals surface area contributed by atoms with E-state index >= 15 is 0 Å². The smallest absolute Gasteiger partial charge is 0.227 e. The average molecular weight is 412 g/mol. The van der Waals surface area contributed by atoms with E-state index in [2.05, 4.69) is 36.4 Å². The summed E-state index contributed by atoms with van der Waals surface area (Å²) in [5, 5.41) is 0. The molecule has 1 aliphatic heterocycles. The van der Waals surface area contributed by atoms with Gasteiger partial charge in [-0.15, -0.1) is 0 Å². The van der Waals surface area contributed by atoms with Gasteiger partial charge in [-0.25, -0.2) is 0 Å². The van der Waals surface area contributed by atoms with E-state index in [1.807, 2.05) is 41.3 Å². The quantitative estimate of drug-likeness (QED) is 0.671. The van der Waals surface area contributed by atoms with Crippen LogP contribution in [0.25, 0.3) is 0 Å². The minimum absolute atomic E-state index is 0.00797.